The summed E-state index contributed by atoms with van der Waals surface area (Å²) in [5.41, 5.74) is 5.59. The van der Waals surface area contributed by atoms with Gasteiger partial charge in [0.05, 0.1) is 12.9 Å². The van der Waals surface area contributed by atoms with Gasteiger partial charge in [-0.1, -0.05) is 36.4 Å². The number of rotatable bonds is 7. The number of nitrogens with one attached hydrogen (secondary N) is 1. The molecule has 4 rings (SSSR count). The van der Waals surface area contributed by atoms with E-state index in [-0.39, 0.29) is 24.6 Å². The van der Waals surface area contributed by atoms with Crippen molar-refractivity contribution in [1.29, 1.82) is 0 Å². The minimum Gasteiger partial charge on any atom is -0.422 e. The quantitative estimate of drug-likeness (QED) is 0.307. The number of aromatic nitrogens is 4. The first-order valence-corrected chi connectivity index (χ1v) is 10.5. The van der Waals surface area contributed by atoms with Crippen molar-refractivity contribution in [3.63, 3.8) is 0 Å². The maximum atomic E-state index is 12.4. The van der Waals surface area contributed by atoms with Crippen molar-refractivity contribution in [2.75, 3.05) is 18.7 Å². The molecule has 29 heavy (non-hydrogen) atoms. The van der Waals surface area contributed by atoms with Gasteiger partial charge in [0.25, 0.3) is 5.56 Å². The van der Waals surface area contributed by atoms with Crippen LogP contribution in [-0.2, 0) is 15.8 Å². The average molecular weight is 415 g/mol. The lowest BCUT2D eigenvalue weighted by molar-refractivity contribution is 0.151. The Morgan fingerprint density at radius 3 is 2.86 bits per heavy atom. The highest BCUT2D eigenvalue weighted by Crippen LogP contribution is 2.44. The monoisotopic (exact) mass is 415 g/mol. The van der Waals surface area contributed by atoms with Gasteiger partial charge in [0.15, 0.2) is 17.5 Å². The van der Waals surface area contributed by atoms with E-state index in [1.54, 1.807) is 16.7 Å². The Morgan fingerprint density at radius 1 is 1.21 bits per heavy atom. The average Bonchev–Trinajstić information content (AvgIpc) is 3.08. The van der Waals surface area contributed by atoms with Crippen LogP contribution in [0.3, 0.4) is 0 Å². The molecule has 2 heterocycles. The van der Waals surface area contributed by atoms with Gasteiger partial charge < -0.3 is 24.5 Å². The van der Waals surface area contributed by atoms with Crippen LogP contribution in [0.15, 0.2) is 53.6 Å². The molecule has 0 saturated heterocycles. The summed E-state index contributed by atoms with van der Waals surface area (Å²) in [7, 11) is -4.03. The van der Waals surface area contributed by atoms with Crippen molar-refractivity contribution >= 4 is 35.5 Å². The van der Waals surface area contributed by atoms with Crippen LogP contribution in [0, 0.1) is 0 Å². The van der Waals surface area contributed by atoms with E-state index in [1.165, 1.54) is 6.33 Å². The molecule has 2 aromatic carbocycles. The van der Waals surface area contributed by atoms with Gasteiger partial charge in [-0.15, -0.1) is 0 Å². The molecule has 0 radical (unpaired) electrons. The summed E-state index contributed by atoms with van der Waals surface area (Å²) in [6.07, 6.45) is 0.944. The highest BCUT2D eigenvalue weighted by molar-refractivity contribution is 7.53. The molecule has 0 spiro atoms. The Kier molecular flexibility index (Phi) is 5.06. The number of hydrogen-bond donors (Lipinski definition) is 3. The topological polar surface area (TPSA) is 145 Å². The van der Waals surface area contributed by atoms with Gasteiger partial charge in [-0.05, 0) is 11.5 Å². The van der Waals surface area contributed by atoms with Gasteiger partial charge in [0.2, 0.25) is 5.95 Å². The van der Waals surface area contributed by atoms with Crippen molar-refractivity contribution < 1.29 is 18.7 Å². The highest BCUT2D eigenvalue weighted by Gasteiger charge is 2.22. The summed E-state index contributed by atoms with van der Waals surface area (Å²) in [5.74, 6) is 0.297. The van der Waals surface area contributed by atoms with Gasteiger partial charge in [-0.2, -0.15) is 4.98 Å². The summed E-state index contributed by atoms with van der Waals surface area (Å²) in [4.78, 5) is 32.3. The Labute approximate surface area is 164 Å². The number of aromatic amines is 1. The predicted molar refractivity (Wildman–Crippen MR) is 108 cm³/mol. The molecule has 4 N–H and O–H groups in total. The first-order chi connectivity index (χ1) is 13.9. The lowest BCUT2D eigenvalue weighted by Gasteiger charge is -2.15. The van der Waals surface area contributed by atoms with E-state index in [4.69, 9.17) is 15.0 Å². The molecule has 2 aromatic heterocycles. The normalized spacial score (nSPS) is 13.6. The zero-order valence-corrected chi connectivity index (χ0v) is 16.1. The maximum absolute atomic E-state index is 12.4. The number of anilines is 1. The molecule has 4 aromatic rings. The molecular formula is C18H18N5O5P. The maximum Gasteiger partial charge on any atom is 0.402 e. The van der Waals surface area contributed by atoms with Crippen LogP contribution in [0.25, 0.3) is 21.9 Å². The number of nitrogens with two attached hydrogens (primary N) is 1. The highest BCUT2D eigenvalue weighted by atomic mass is 31.2. The predicted octanol–water partition coefficient (Wildman–Crippen LogP) is 2.09. The zero-order chi connectivity index (χ0) is 20.4. The fraction of sp³-hybridized carbons (Fsp3) is 0.167. The summed E-state index contributed by atoms with van der Waals surface area (Å²) >= 11 is 0. The smallest absolute Gasteiger partial charge is 0.402 e. The molecule has 150 valence electrons. The van der Waals surface area contributed by atoms with E-state index < -0.39 is 19.5 Å². The minimum absolute atomic E-state index is 0.0199. The molecule has 11 heteroatoms. The van der Waals surface area contributed by atoms with Gasteiger partial charge in [0, 0.05) is 11.9 Å². The Bertz CT molecular complexity index is 1280. The van der Waals surface area contributed by atoms with Crippen LogP contribution in [0.5, 0.6) is 5.75 Å². The second-order valence-corrected chi connectivity index (χ2v) is 8.02. The largest absolute Gasteiger partial charge is 0.422 e. The van der Waals surface area contributed by atoms with Crippen LogP contribution < -0.4 is 15.8 Å². The number of fused-ring (bicyclic) bond motifs is 2. The molecular weight excluding hydrogens is 397 g/mol. The summed E-state index contributed by atoms with van der Waals surface area (Å²) in [5, 5.41) is 1.64. The number of ether oxygens (including phenoxy) is 1. The second kappa shape index (κ2) is 7.67. The molecule has 0 aliphatic carbocycles. The van der Waals surface area contributed by atoms with Crippen LogP contribution in [0.2, 0.25) is 0 Å². The SMILES string of the molecule is Nc1nc2c(ncn2CCOCP(=O)(O)Oc2cccc3ccccc23)c(=O)[nH]1. The fourth-order valence-corrected chi connectivity index (χ4v) is 3.81. The van der Waals surface area contributed by atoms with E-state index in [9.17, 15) is 14.3 Å². The summed E-state index contributed by atoms with van der Waals surface area (Å²) < 4.78 is 24.7. The molecule has 10 nitrogen and oxygen atoms in total. The molecule has 0 amide bonds. The second-order valence-electron chi connectivity index (χ2n) is 6.30. The number of imidazole rings is 1. The standard InChI is InChI=1S/C18H18N5O5P/c19-18-21-16-15(17(24)22-18)20-10-23(16)8-9-27-11-29(25,26)28-14-7-3-5-12-4-1-2-6-13(12)14/h1-7,10H,8-9,11H2,(H,25,26)(H3,19,21,22,24). The van der Waals surface area contributed by atoms with Gasteiger partial charge in [-0.25, -0.2) is 9.55 Å². The Balaban J connectivity index is 1.39. The van der Waals surface area contributed by atoms with E-state index in [0.29, 0.717) is 11.4 Å². The number of H-pyrrole nitrogens is 1. The molecule has 0 aliphatic rings. The molecule has 0 bridgehead atoms. The molecule has 0 saturated carbocycles. The third kappa shape index (κ3) is 4.14. The molecule has 0 fully saturated rings. The van der Waals surface area contributed by atoms with Gasteiger partial charge >= 0.3 is 7.60 Å². The lowest BCUT2D eigenvalue weighted by atomic mass is 10.1. The summed E-state index contributed by atoms with van der Waals surface area (Å²) in [6.45, 7) is 0.351. The third-order valence-corrected chi connectivity index (χ3v) is 5.21. The van der Waals surface area contributed by atoms with Crippen LogP contribution in [0.4, 0.5) is 5.95 Å². The zero-order valence-electron chi connectivity index (χ0n) is 15.2. The minimum atomic E-state index is -4.03. The summed E-state index contributed by atoms with van der Waals surface area (Å²) in [6, 6.07) is 12.7. The fourth-order valence-electron chi connectivity index (χ4n) is 2.93. The van der Waals surface area contributed by atoms with Crippen molar-refractivity contribution in [3.05, 3.63) is 59.1 Å². The van der Waals surface area contributed by atoms with Crippen LogP contribution in [0.1, 0.15) is 0 Å². The van der Waals surface area contributed by atoms with Crippen LogP contribution >= 0.6 is 7.60 Å². The number of benzene rings is 2. The first kappa shape index (κ1) is 19.1. The van der Waals surface area contributed by atoms with E-state index in [2.05, 4.69) is 15.0 Å². The Hall–Kier alpha value is -3.20. The van der Waals surface area contributed by atoms with Gasteiger partial charge in [0.1, 0.15) is 5.75 Å². The number of hydrogen-bond acceptors (Lipinski definition) is 7. The molecule has 1 atom stereocenters. The number of nitrogens with zero attached hydrogens (tertiary/aromatic N) is 3. The van der Waals surface area contributed by atoms with Crippen molar-refractivity contribution in [2.45, 2.75) is 6.54 Å². The van der Waals surface area contributed by atoms with Crippen LogP contribution in [-0.4, -0.2) is 37.4 Å². The van der Waals surface area contributed by atoms with Crippen molar-refractivity contribution in [2.24, 2.45) is 0 Å². The molecule has 1 unspecified atom stereocenters. The first-order valence-electron chi connectivity index (χ1n) is 8.70. The van der Waals surface area contributed by atoms with Gasteiger partial charge in [-0.3, -0.25) is 9.78 Å². The van der Waals surface area contributed by atoms with E-state index in [0.717, 1.165) is 10.8 Å². The third-order valence-electron chi connectivity index (χ3n) is 4.21. The van der Waals surface area contributed by atoms with Crippen molar-refractivity contribution in [1.82, 2.24) is 19.5 Å². The van der Waals surface area contributed by atoms with E-state index in [1.807, 2.05) is 30.3 Å². The van der Waals surface area contributed by atoms with E-state index >= 15 is 0 Å². The number of nitrogen functional groups attached to an aromatic ring is 1. The lowest BCUT2D eigenvalue weighted by Crippen LogP contribution is -2.13. The molecule has 0 aliphatic heterocycles. The Morgan fingerprint density at radius 2 is 2.00 bits per heavy atom. The van der Waals surface area contributed by atoms with Crippen molar-refractivity contribution in [3.8, 4) is 5.75 Å².